The molecular formula is C16H9Cl2NOS. The minimum atomic E-state index is -0.0493. The Bertz CT molecular complexity index is 799. The van der Waals surface area contributed by atoms with Gasteiger partial charge in [0, 0.05) is 16.7 Å². The van der Waals surface area contributed by atoms with Gasteiger partial charge in [-0.3, -0.25) is 4.79 Å². The molecule has 0 fully saturated rings. The minimum absolute atomic E-state index is 0.0493. The number of carbonyl (C=O) groups is 1. The van der Waals surface area contributed by atoms with Crippen molar-refractivity contribution in [3.8, 4) is 10.4 Å². The molecule has 0 saturated carbocycles. The Labute approximate surface area is 136 Å². The minimum Gasteiger partial charge on any atom is -0.289 e. The van der Waals surface area contributed by atoms with E-state index in [9.17, 15) is 4.79 Å². The molecule has 0 N–H and O–H groups in total. The van der Waals surface area contributed by atoms with Crippen molar-refractivity contribution in [2.45, 2.75) is 0 Å². The summed E-state index contributed by atoms with van der Waals surface area (Å²) in [6.07, 6.45) is 0. The molecule has 2 aromatic carbocycles. The van der Waals surface area contributed by atoms with Crippen LogP contribution in [-0.4, -0.2) is 10.2 Å². The lowest BCUT2D eigenvalue weighted by atomic mass is 9.97. The van der Waals surface area contributed by atoms with Crippen LogP contribution < -0.4 is 0 Å². The first-order chi connectivity index (χ1) is 10.2. The van der Waals surface area contributed by atoms with Gasteiger partial charge in [0.1, 0.15) is 0 Å². The smallest absolute Gasteiger partial charge is 0.193 e. The second-order valence-corrected chi connectivity index (χ2v) is 5.87. The van der Waals surface area contributed by atoms with E-state index in [2.05, 4.69) is 4.37 Å². The summed E-state index contributed by atoms with van der Waals surface area (Å²) in [5, 5.41) is 0.647. The van der Waals surface area contributed by atoms with Gasteiger partial charge >= 0.3 is 0 Å². The fraction of sp³-hybridized carbons (Fsp3) is 0. The van der Waals surface area contributed by atoms with Gasteiger partial charge in [-0.05, 0) is 11.5 Å². The first-order valence-corrected chi connectivity index (χ1v) is 7.71. The zero-order valence-corrected chi connectivity index (χ0v) is 13.0. The van der Waals surface area contributed by atoms with Gasteiger partial charge in [0.05, 0.1) is 9.90 Å². The van der Waals surface area contributed by atoms with Crippen molar-refractivity contribution in [3.05, 3.63) is 75.9 Å². The average Bonchev–Trinajstić information content (AvgIpc) is 2.87. The van der Waals surface area contributed by atoms with E-state index in [-0.39, 0.29) is 10.9 Å². The summed E-state index contributed by atoms with van der Waals surface area (Å²) < 4.78 is 4.03. The van der Waals surface area contributed by atoms with Crippen molar-refractivity contribution < 1.29 is 4.79 Å². The molecule has 5 heteroatoms. The van der Waals surface area contributed by atoms with Gasteiger partial charge < -0.3 is 0 Å². The van der Waals surface area contributed by atoms with Crippen LogP contribution in [0, 0.1) is 0 Å². The monoisotopic (exact) mass is 333 g/mol. The first kappa shape index (κ1) is 14.3. The zero-order chi connectivity index (χ0) is 14.8. The molecule has 0 bridgehead atoms. The highest BCUT2D eigenvalue weighted by molar-refractivity contribution is 7.10. The van der Waals surface area contributed by atoms with Crippen molar-refractivity contribution in [2.75, 3.05) is 0 Å². The van der Waals surface area contributed by atoms with Crippen LogP contribution in [0.2, 0.25) is 10.2 Å². The standard InChI is InChI=1S/C16H9Cl2NOS/c17-13-15(21-19-16(13)18)12-9-5-4-8-11(12)14(20)10-6-2-1-3-7-10/h1-9H. The molecule has 2 nitrogen and oxygen atoms in total. The fourth-order valence-corrected chi connectivity index (χ4v) is 3.32. The lowest BCUT2D eigenvalue weighted by molar-refractivity contribution is 0.103. The van der Waals surface area contributed by atoms with Crippen LogP contribution in [0.4, 0.5) is 0 Å². The molecule has 1 aromatic heterocycles. The van der Waals surface area contributed by atoms with Gasteiger partial charge in [-0.1, -0.05) is 77.8 Å². The number of ketones is 1. The Morgan fingerprint density at radius 1 is 0.952 bits per heavy atom. The molecule has 1 heterocycles. The van der Waals surface area contributed by atoms with E-state index in [4.69, 9.17) is 23.2 Å². The van der Waals surface area contributed by atoms with Crippen LogP contribution in [-0.2, 0) is 0 Å². The average molecular weight is 334 g/mol. The van der Waals surface area contributed by atoms with E-state index in [0.29, 0.717) is 21.0 Å². The second kappa shape index (κ2) is 5.98. The van der Waals surface area contributed by atoms with Crippen LogP contribution in [0.1, 0.15) is 15.9 Å². The fourth-order valence-electron chi connectivity index (χ4n) is 2.05. The van der Waals surface area contributed by atoms with Crippen LogP contribution >= 0.6 is 34.7 Å². The number of aromatic nitrogens is 1. The maximum atomic E-state index is 12.7. The third-order valence-electron chi connectivity index (χ3n) is 3.05. The molecule has 0 radical (unpaired) electrons. The summed E-state index contributed by atoms with van der Waals surface area (Å²) >= 11 is 13.3. The Morgan fingerprint density at radius 2 is 1.62 bits per heavy atom. The van der Waals surface area contributed by atoms with Crippen molar-refractivity contribution in [3.63, 3.8) is 0 Å². The lowest BCUT2D eigenvalue weighted by Gasteiger charge is -2.07. The normalized spacial score (nSPS) is 10.6. The summed E-state index contributed by atoms with van der Waals surface area (Å²) in [7, 11) is 0. The summed E-state index contributed by atoms with van der Waals surface area (Å²) in [4.78, 5) is 13.4. The third kappa shape index (κ3) is 2.72. The predicted octanol–water partition coefficient (Wildman–Crippen LogP) is 5.35. The molecule has 0 unspecified atom stereocenters. The SMILES string of the molecule is O=C(c1ccccc1)c1ccccc1-c1snc(Cl)c1Cl. The maximum absolute atomic E-state index is 12.7. The Morgan fingerprint density at radius 3 is 2.29 bits per heavy atom. The number of halogens is 2. The molecule has 21 heavy (non-hydrogen) atoms. The molecule has 104 valence electrons. The number of hydrogen-bond acceptors (Lipinski definition) is 3. The molecular weight excluding hydrogens is 325 g/mol. The Balaban J connectivity index is 2.13. The van der Waals surface area contributed by atoms with E-state index < -0.39 is 0 Å². The van der Waals surface area contributed by atoms with Crippen LogP contribution in [0.3, 0.4) is 0 Å². The number of hydrogen-bond donors (Lipinski definition) is 0. The van der Waals surface area contributed by atoms with Crippen LogP contribution in [0.15, 0.2) is 54.6 Å². The van der Waals surface area contributed by atoms with E-state index >= 15 is 0 Å². The maximum Gasteiger partial charge on any atom is 0.193 e. The molecule has 3 aromatic rings. The number of rotatable bonds is 3. The predicted molar refractivity (Wildman–Crippen MR) is 87.4 cm³/mol. The van der Waals surface area contributed by atoms with Crippen molar-refractivity contribution in [1.82, 2.24) is 4.37 Å². The van der Waals surface area contributed by atoms with E-state index in [1.54, 1.807) is 18.2 Å². The van der Waals surface area contributed by atoms with Gasteiger partial charge in [-0.2, -0.15) is 4.37 Å². The molecule has 0 aliphatic heterocycles. The lowest BCUT2D eigenvalue weighted by Crippen LogP contribution is -2.02. The molecule has 0 atom stereocenters. The van der Waals surface area contributed by atoms with E-state index in [1.807, 2.05) is 36.4 Å². The van der Waals surface area contributed by atoms with Gasteiger partial charge in [0.2, 0.25) is 0 Å². The molecule has 0 spiro atoms. The molecule has 0 aliphatic carbocycles. The topological polar surface area (TPSA) is 30.0 Å². The highest BCUT2D eigenvalue weighted by Gasteiger charge is 2.19. The zero-order valence-electron chi connectivity index (χ0n) is 10.7. The third-order valence-corrected chi connectivity index (χ3v) is 4.88. The summed E-state index contributed by atoms with van der Waals surface area (Å²) in [5.41, 5.74) is 1.98. The molecule has 0 saturated heterocycles. The van der Waals surface area contributed by atoms with Gasteiger partial charge in [-0.25, -0.2) is 0 Å². The largest absolute Gasteiger partial charge is 0.289 e. The molecule has 0 aliphatic rings. The van der Waals surface area contributed by atoms with Crippen molar-refractivity contribution in [2.24, 2.45) is 0 Å². The first-order valence-electron chi connectivity index (χ1n) is 6.18. The molecule has 3 rings (SSSR count). The summed E-state index contributed by atoms with van der Waals surface area (Å²) in [6.45, 7) is 0. The van der Waals surface area contributed by atoms with E-state index in [0.717, 1.165) is 5.56 Å². The number of carbonyl (C=O) groups excluding carboxylic acids is 1. The van der Waals surface area contributed by atoms with Crippen molar-refractivity contribution >= 4 is 40.5 Å². The van der Waals surface area contributed by atoms with Gasteiger partial charge in [-0.15, -0.1) is 0 Å². The van der Waals surface area contributed by atoms with Crippen molar-refractivity contribution in [1.29, 1.82) is 0 Å². The van der Waals surface area contributed by atoms with Gasteiger partial charge in [0.25, 0.3) is 0 Å². The quantitative estimate of drug-likeness (QED) is 0.605. The van der Waals surface area contributed by atoms with Crippen LogP contribution in [0.5, 0.6) is 0 Å². The van der Waals surface area contributed by atoms with Crippen LogP contribution in [0.25, 0.3) is 10.4 Å². The Kier molecular flexibility index (Phi) is 4.06. The Hall–Kier alpha value is -1.68. The highest BCUT2D eigenvalue weighted by Crippen LogP contribution is 2.38. The second-order valence-electron chi connectivity index (χ2n) is 4.36. The number of nitrogens with zero attached hydrogens (tertiary/aromatic N) is 1. The summed E-state index contributed by atoms with van der Waals surface area (Å²) in [5.74, 6) is -0.0493. The molecule has 0 amide bonds. The summed E-state index contributed by atoms with van der Waals surface area (Å²) in [6, 6.07) is 16.5. The highest BCUT2D eigenvalue weighted by atomic mass is 35.5. The van der Waals surface area contributed by atoms with Gasteiger partial charge in [0.15, 0.2) is 10.9 Å². The number of benzene rings is 2. The van der Waals surface area contributed by atoms with E-state index in [1.165, 1.54) is 11.5 Å².